The van der Waals surface area contributed by atoms with Crippen LogP contribution < -0.4 is 9.62 Å². The highest BCUT2D eigenvalue weighted by molar-refractivity contribution is 7.92. The Bertz CT molecular complexity index is 1380. The number of anilines is 1. The number of aryl methyl sites for hydroxylation is 1. The quantitative estimate of drug-likeness (QED) is 0.286. The van der Waals surface area contributed by atoms with Crippen LogP contribution in [0.25, 0.3) is 0 Å². The molecule has 3 aromatic carbocycles. The van der Waals surface area contributed by atoms with Gasteiger partial charge < -0.3 is 10.2 Å². The normalized spacial score (nSPS) is 12.0. The summed E-state index contributed by atoms with van der Waals surface area (Å²) in [5.74, 6) is -2.01. The Kier molecular flexibility index (Phi) is 10.8. The number of rotatable bonds is 13. The summed E-state index contributed by atoms with van der Waals surface area (Å²) in [6.07, 6.45) is 1.92. The molecule has 40 heavy (non-hydrogen) atoms. The van der Waals surface area contributed by atoms with E-state index in [9.17, 15) is 26.8 Å². The van der Waals surface area contributed by atoms with Crippen molar-refractivity contribution >= 4 is 27.5 Å². The van der Waals surface area contributed by atoms with Crippen LogP contribution in [0.1, 0.15) is 44.2 Å². The molecule has 1 N–H and O–H groups in total. The van der Waals surface area contributed by atoms with Gasteiger partial charge in [0.15, 0.2) is 0 Å². The third kappa shape index (κ3) is 7.88. The van der Waals surface area contributed by atoms with Crippen molar-refractivity contribution in [2.24, 2.45) is 0 Å². The van der Waals surface area contributed by atoms with Gasteiger partial charge in [0.1, 0.15) is 24.2 Å². The van der Waals surface area contributed by atoms with Crippen LogP contribution in [0.2, 0.25) is 0 Å². The Morgan fingerprint density at radius 2 is 1.45 bits per heavy atom. The van der Waals surface area contributed by atoms with Crippen molar-refractivity contribution in [3.8, 4) is 0 Å². The highest BCUT2D eigenvalue weighted by Crippen LogP contribution is 2.25. The van der Waals surface area contributed by atoms with Gasteiger partial charge in [0.2, 0.25) is 11.8 Å². The van der Waals surface area contributed by atoms with E-state index in [0.717, 1.165) is 47.0 Å². The second-order valence-corrected chi connectivity index (χ2v) is 11.4. The zero-order valence-corrected chi connectivity index (χ0v) is 23.8. The topological polar surface area (TPSA) is 86.8 Å². The molecule has 2 amide bonds. The number of carbonyl (C=O) groups excluding carboxylic acids is 2. The Hall–Kier alpha value is -3.79. The fraction of sp³-hybridized carbons (Fsp3) is 0.333. The number of benzene rings is 3. The zero-order valence-electron chi connectivity index (χ0n) is 22.9. The molecule has 3 aromatic rings. The standard InChI is InChI=1S/C30H35F2N3O4S/c1-4-6-19-33-30(37)28(5-2)34(20-23-9-11-24(31)12-10-23)29(36)21-35(26-15-7-22(3)8-16-26)40(38,39)27-17-13-25(32)14-18-27/h7-18,28H,4-6,19-21H2,1-3H3,(H,33,37)/t28-/m0/s1. The molecule has 0 saturated heterocycles. The van der Waals surface area contributed by atoms with Crippen LogP contribution in [0.3, 0.4) is 0 Å². The van der Waals surface area contributed by atoms with Gasteiger partial charge in [-0.3, -0.25) is 13.9 Å². The van der Waals surface area contributed by atoms with Crippen molar-refractivity contribution in [3.63, 3.8) is 0 Å². The predicted octanol–water partition coefficient (Wildman–Crippen LogP) is 5.19. The van der Waals surface area contributed by atoms with E-state index >= 15 is 0 Å². The first kappa shape index (κ1) is 30.7. The lowest BCUT2D eigenvalue weighted by molar-refractivity contribution is -0.140. The average Bonchev–Trinajstić information content (AvgIpc) is 2.93. The summed E-state index contributed by atoms with van der Waals surface area (Å²) in [6.45, 7) is 5.41. The van der Waals surface area contributed by atoms with Crippen LogP contribution in [0.15, 0.2) is 77.7 Å². The third-order valence-corrected chi connectivity index (χ3v) is 8.27. The van der Waals surface area contributed by atoms with Gasteiger partial charge in [0.05, 0.1) is 10.6 Å². The SMILES string of the molecule is CCCCNC(=O)[C@H](CC)N(Cc1ccc(F)cc1)C(=O)CN(c1ccc(C)cc1)S(=O)(=O)c1ccc(F)cc1. The molecule has 0 aliphatic rings. The second-order valence-electron chi connectivity index (χ2n) is 9.52. The fourth-order valence-electron chi connectivity index (χ4n) is 4.19. The Balaban J connectivity index is 2.02. The summed E-state index contributed by atoms with van der Waals surface area (Å²) in [5.41, 5.74) is 1.71. The number of hydrogen-bond acceptors (Lipinski definition) is 4. The molecule has 0 fully saturated rings. The van der Waals surface area contributed by atoms with Crippen molar-refractivity contribution in [2.75, 3.05) is 17.4 Å². The maximum absolute atomic E-state index is 13.9. The van der Waals surface area contributed by atoms with Gasteiger partial charge in [-0.05, 0) is 73.9 Å². The van der Waals surface area contributed by atoms with E-state index in [1.54, 1.807) is 31.2 Å². The molecule has 0 aliphatic heterocycles. The molecule has 0 saturated carbocycles. The summed E-state index contributed by atoms with van der Waals surface area (Å²) in [4.78, 5) is 28.2. The van der Waals surface area contributed by atoms with Gasteiger partial charge in [-0.2, -0.15) is 0 Å². The van der Waals surface area contributed by atoms with Crippen LogP contribution in [0.4, 0.5) is 14.5 Å². The Morgan fingerprint density at radius 1 is 0.875 bits per heavy atom. The highest BCUT2D eigenvalue weighted by atomic mass is 32.2. The lowest BCUT2D eigenvalue weighted by atomic mass is 10.1. The maximum Gasteiger partial charge on any atom is 0.264 e. The van der Waals surface area contributed by atoms with E-state index < -0.39 is 40.2 Å². The first-order valence-electron chi connectivity index (χ1n) is 13.2. The van der Waals surface area contributed by atoms with E-state index in [1.165, 1.54) is 29.2 Å². The predicted molar refractivity (Wildman–Crippen MR) is 151 cm³/mol. The van der Waals surface area contributed by atoms with Gasteiger partial charge in [-0.1, -0.05) is 50.1 Å². The lowest BCUT2D eigenvalue weighted by Gasteiger charge is -2.33. The number of hydrogen-bond donors (Lipinski definition) is 1. The van der Waals surface area contributed by atoms with E-state index in [1.807, 2.05) is 13.8 Å². The van der Waals surface area contributed by atoms with Crippen molar-refractivity contribution in [2.45, 2.75) is 57.5 Å². The van der Waals surface area contributed by atoms with E-state index in [-0.39, 0.29) is 29.5 Å². The van der Waals surface area contributed by atoms with E-state index in [0.29, 0.717) is 12.1 Å². The smallest absolute Gasteiger partial charge is 0.264 e. The minimum absolute atomic E-state index is 0.0306. The fourth-order valence-corrected chi connectivity index (χ4v) is 5.60. The molecule has 0 aliphatic carbocycles. The second kappa shape index (κ2) is 14.0. The van der Waals surface area contributed by atoms with E-state index in [4.69, 9.17) is 0 Å². The van der Waals surface area contributed by atoms with Crippen LogP contribution in [-0.2, 0) is 26.2 Å². The first-order valence-corrected chi connectivity index (χ1v) is 14.7. The number of nitrogens with one attached hydrogen (secondary N) is 1. The molecule has 0 unspecified atom stereocenters. The monoisotopic (exact) mass is 571 g/mol. The highest BCUT2D eigenvalue weighted by Gasteiger charge is 2.33. The third-order valence-electron chi connectivity index (χ3n) is 6.48. The van der Waals surface area contributed by atoms with Crippen LogP contribution >= 0.6 is 0 Å². The summed E-state index contributed by atoms with van der Waals surface area (Å²) in [6, 6.07) is 15.6. The molecular weight excluding hydrogens is 536 g/mol. The molecule has 214 valence electrons. The van der Waals surface area contributed by atoms with Gasteiger partial charge in [-0.15, -0.1) is 0 Å². The van der Waals surface area contributed by atoms with Crippen molar-refractivity contribution in [3.05, 3.63) is 95.6 Å². The zero-order chi connectivity index (χ0) is 29.3. The van der Waals surface area contributed by atoms with Crippen molar-refractivity contribution in [1.82, 2.24) is 10.2 Å². The van der Waals surface area contributed by atoms with Gasteiger partial charge in [-0.25, -0.2) is 17.2 Å². The van der Waals surface area contributed by atoms with E-state index in [2.05, 4.69) is 5.32 Å². The lowest BCUT2D eigenvalue weighted by Crippen LogP contribution is -2.52. The van der Waals surface area contributed by atoms with Gasteiger partial charge in [0.25, 0.3) is 10.0 Å². The molecule has 0 spiro atoms. The summed E-state index contributed by atoms with van der Waals surface area (Å²) in [7, 11) is -4.29. The molecule has 0 radical (unpaired) electrons. The summed E-state index contributed by atoms with van der Waals surface area (Å²) < 4.78 is 55.6. The van der Waals surface area contributed by atoms with Gasteiger partial charge in [0, 0.05) is 13.1 Å². The molecule has 0 bridgehead atoms. The Morgan fingerprint density at radius 3 is 2.00 bits per heavy atom. The number of amides is 2. The Labute approximate surface area is 234 Å². The van der Waals surface area contributed by atoms with Crippen LogP contribution in [-0.4, -0.2) is 44.3 Å². The molecule has 7 nitrogen and oxygen atoms in total. The van der Waals surface area contributed by atoms with Crippen molar-refractivity contribution < 1.29 is 26.8 Å². The maximum atomic E-state index is 13.9. The molecule has 0 heterocycles. The molecule has 1 atom stereocenters. The molecule has 0 aromatic heterocycles. The van der Waals surface area contributed by atoms with Crippen LogP contribution in [0.5, 0.6) is 0 Å². The number of unbranched alkanes of at least 4 members (excludes halogenated alkanes) is 1. The minimum Gasteiger partial charge on any atom is -0.354 e. The first-order chi connectivity index (χ1) is 19.1. The molecule has 10 heteroatoms. The number of halogens is 2. The molecule has 3 rings (SSSR count). The molecular formula is C30H35F2N3O4S. The van der Waals surface area contributed by atoms with Gasteiger partial charge >= 0.3 is 0 Å². The number of nitrogens with zero attached hydrogens (tertiary/aromatic N) is 2. The largest absolute Gasteiger partial charge is 0.354 e. The minimum atomic E-state index is -4.29. The summed E-state index contributed by atoms with van der Waals surface area (Å²) >= 11 is 0. The van der Waals surface area contributed by atoms with Crippen LogP contribution in [0, 0.1) is 18.6 Å². The summed E-state index contributed by atoms with van der Waals surface area (Å²) in [5, 5.41) is 2.86. The number of sulfonamides is 1. The number of carbonyl (C=O) groups is 2. The average molecular weight is 572 g/mol. The van der Waals surface area contributed by atoms with Crippen molar-refractivity contribution in [1.29, 1.82) is 0 Å².